The highest BCUT2D eigenvalue weighted by atomic mass is 32.1. The molecule has 0 radical (unpaired) electrons. The SMILES string of the molecule is COc1ncc(CC(OC)C(=O)O)s1. The van der Waals surface area contributed by atoms with Gasteiger partial charge in [0.15, 0.2) is 6.10 Å². The zero-order valence-electron chi connectivity index (χ0n) is 7.89. The molecule has 0 aliphatic heterocycles. The number of aliphatic carboxylic acids is 1. The smallest absolute Gasteiger partial charge is 0.333 e. The van der Waals surface area contributed by atoms with Crippen LogP contribution in [0.4, 0.5) is 0 Å². The van der Waals surface area contributed by atoms with Crippen molar-refractivity contribution < 1.29 is 19.4 Å². The molecular weight excluding hydrogens is 206 g/mol. The van der Waals surface area contributed by atoms with Gasteiger partial charge in [0, 0.05) is 24.6 Å². The lowest BCUT2D eigenvalue weighted by Gasteiger charge is -2.07. The number of carboxylic acid groups (broad SMARTS) is 1. The van der Waals surface area contributed by atoms with Gasteiger partial charge in [0.05, 0.1) is 7.11 Å². The lowest BCUT2D eigenvalue weighted by atomic mass is 10.2. The van der Waals surface area contributed by atoms with E-state index in [1.807, 2.05) is 0 Å². The molecule has 6 heteroatoms. The molecule has 1 aromatic rings. The molecule has 0 bridgehead atoms. The average Bonchev–Trinajstić information content (AvgIpc) is 2.61. The molecule has 1 rings (SSSR count). The van der Waals surface area contributed by atoms with Crippen LogP contribution in [0.5, 0.6) is 5.19 Å². The van der Waals surface area contributed by atoms with Gasteiger partial charge in [-0.1, -0.05) is 11.3 Å². The maximum atomic E-state index is 10.6. The first-order valence-corrected chi connectivity index (χ1v) is 4.73. The standard InChI is InChI=1S/C8H11NO4S/c1-12-6(7(10)11)3-5-4-9-8(13-2)14-5/h4,6H,3H2,1-2H3,(H,10,11). The second-order valence-corrected chi connectivity index (χ2v) is 3.64. The summed E-state index contributed by atoms with van der Waals surface area (Å²) in [5, 5.41) is 9.25. The molecule has 5 nitrogen and oxygen atoms in total. The first kappa shape index (κ1) is 10.9. The van der Waals surface area contributed by atoms with E-state index in [1.54, 1.807) is 6.20 Å². The highest BCUT2D eigenvalue weighted by molar-refractivity contribution is 7.13. The number of rotatable bonds is 5. The molecule has 0 aromatic carbocycles. The van der Waals surface area contributed by atoms with Crippen molar-refractivity contribution >= 4 is 17.3 Å². The molecule has 78 valence electrons. The summed E-state index contributed by atoms with van der Waals surface area (Å²) in [6.45, 7) is 0. The minimum atomic E-state index is -0.972. The summed E-state index contributed by atoms with van der Waals surface area (Å²) in [6.07, 6.45) is 1.09. The second kappa shape index (κ2) is 4.92. The van der Waals surface area contributed by atoms with Gasteiger partial charge >= 0.3 is 5.97 Å². The third kappa shape index (κ3) is 2.68. The minimum absolute atomic E-state index is 0.312. The molecule has 1 atom stereocenters. The van der Waals surface area contributed by atoms with E-state index in [4.69, 9.17) is 14.6 Å². The van der Waals surface area contributed by atoms with Crippen LogP contribution in [0, 0.1) is 0 Å². The van der Waals surface area contributed by atoms with Crippen molar-refractivity contribution in [2.24, 2.45) is 0 Å². The van der Waals surface area contributed by atoms with Gasteiger partial charge in [-0.2, -0.15) is 0 Å². The molecule has 1 unspecified atom stereocenters. The van der Waals surface area contributed by atoms with Crippen LogP contribution in [-0.4, -0.2) is 36.4 Å². The molecular formula is C8H11NO4S. The average molecular weight is 217 g/mol. The molecule has 0 spiro atoms. The lowest BCUT2D eigenvalue weighted by Crippen LogP contribution is -2.24. The molecule has 0 aliphatic carbocycles. The lowest BCUT2D eigenvalue weighted by molar-refractivity contribution is -0.148. The number of methoxy groups -OCH3 is 2. The Morgan fingerprint density at radius 1 is 1.71 bits per heavy atom. The summed E-state index contributed by atoms with van der Waals surface area (Å²) in [7, 11) is 2.89. The molecule has 0 saturated carbocycles. The number of aromatic nitrogens is 1. The van der Waals surface area contributed by atoms with Crippen LogP contribution in [0.25, 0.3) is 0 Å². The van der Waals surface area contributed by atoms with Crippen LogP contribution in [0.15, 0.2) is 6.20 Å². The Kier molecular flexibility index (Phi) is 3.84. The number of carboxylic acids is 1. The fourth-order valence-corrected chi connectivity index (χ4v) is 1.69. The number of carbonyl (C=O) groups is 1. The Balaban J connectivity index is 2.62. The van der Waals surface area contributed by atoms with Crippen LogP contribution >= 0.6 is 11.3 Å². The van der Waals surface area contributed by atoms with Crippen molar-refractivity contribution in [1.82, 2.24) is 4.98 Å². The Labute approximate surface area is 85.3 Å². The number of hydrogen-bond acceptors (Lipinski definition) is 5. The van der Waals surface area contributed by atoms with E-state index in [-0.39, 0.29) is 0 Å². The van der Waals surface area contributed by atoms with Crippen LogP contribution in [-0.2, 0) is 16.0 Å². The van der Waals surface area contributed by atoms with E-state index < -0.39 is 12.1 Å². The van der Waals surface area contributed by atoms with E-state index in [0.29, 0.717) is 11.6 Å². The van der Waals surface area contributed by atoms with Gasteiger partial charge in [0.2, 0.25) is 0 Å². The fraction of sp³-hybridized carbons (Fsp3) is 0.500. The summed E-state index contributed by atoms with van der Waals surface area (Å²) in [6, 6.07) is 0. The van der Waals surface area contributed by atoms with Crippen LogP contribution < -0.4 is 4.74 Å². The van der Waals surface area contributed by atoms with Gasteiger partial charge in [0.1, 0.15) is 0 Å². The molecule has 14 heavy (non-hydrogen) atoms. The third-order valence-corrected chi connectivity index (χ3v) is 2.63. The van der Waals surface area contributed by atoms with Crippen molar-refractivity contribution in [1.29, 1.82) is 0 Å². The quantitative estimate of drug-likeness (QED) is 0.789. The van der Waals surface area contributed by atoms with Gasteiger partial charge in [-0.15, -0.1) is 0 Å². The third-order valence-electron chi connectivity index (χ3n) is 1.65. The Morgan fingerprint density at radius 2 is 2.43 bits per heavy atom. The summed E-state index contributed by atoms with van der Waals surface area (Å²) < 4.78 is 9.69. The van der Waals surface area contributed by atoms with Crippen LogP contribution in [0.1, 0.15) is 4.88 Å². The van der Waals surface area contributed by atoms with Crippen LogP contribution in [0.2, 0.25) is 0 Å². The Bertz CT molecular complexity index is 312. The summed E-state index contributed by atoms with van der Waals surface area (Å²) in [5.41, 5.74) is 0. The fourth-order valence-electron chi connectivity index (χ4n) is 0.932. The maximum Gasteiger partial charge on any atom is 0.333 e. The first-order chi connectivity index (χ1) is 6.67. The second-order valence-electron chi connectivity index (χ2n) is 2.56. The summed E-state index contributed by atoms with van der Waals surface area (Å²) >= 11 is 1.32. The van der Waals surface area contributed by atoms with Gasteiger partial charge in [-0.05, 0) is 0 Å². The summed E-state index contributed by atoms with van der Waals surface area (Å²) in [4.78, 5) is 15.4. The van der Waals surface area contributed by atoms with Gasteiger partial charge in [-0.3, -0.25) is 0 Å². The van der Waals surface area contributed by atoms with E-state index in [0.717, 1.165) is 4.88 Å². The summed E-state index contributed by atoms with van der Waals surface area (Å²) in [5.74, 6) is -0.972. The minimum Gasteiger partial charge on any atom is -0.479 e. The Hall–Kier alpha value is -1.14. The number of thiazole rings is 1. The monoisotopic (exact) mass is 217 g/mol. The molecule has 1 heterocycles. The van der Waals surface area contributed by atoms with Crippen molar-refractivity contribution in [3.8, 4) is 5.19 Å². The maximum absolute atomic E-state index is 10.6. The van der Waals surface area contributed by atoms with E-state index in [1.165, 1.54) is 25.6 Å². The normalized spacial score (nSPS) is 12.4. The highest BCUT2D eigenvalue weighted by Gasteiger charge is 2.18. The van der Waals surface area contributed by atoms with E-state index in [2.05, 4.69) is 4.98 Å². The molecule has 0 aliphatic rings. The Morgan fingerprint density at radius 3 is 2.86 bits per heavy atom. The zero-order valence-corrected chi connectivity index (χ0v) is 8.71. The van der Waals surface area contributed by atoms with Crippen LogP contribution in [0.3, 0.4) is 0 Å². The molecule has 0 fully saturated rings. The molecule has 1 N–H and O–H groups in total. The van der Waals surface area contributed by atoms with Crippen molar-refractivity contribution in [3.63, 3.8) is 0 Å². The molecule has 1 aromatic heterocycles. The predicted octanol–water partition coefficient (Wildman–Crippen LogP) is 0.794. The van der Waals surface area contributed by atoms with Crippen molar-refractivity contribution in [2.75, 3.05) is 14.2 Å². The van der Waals surface area contributed by atoms with Gasteiger partial charge in [-0.25, -0.2) is 9.78 Å². The van der Waals surface area contributed by atoms with E-state index >= 15 is 0 Å². The topological polar surface area (TPSA) is 68.7 Å². The van der Waals surface area contributed by atoms with Gasteiger partial charge in [0.25, 0.3) is 5.19 Å². The largest absolute Gasteiger partial charge is 0.479 e. The number of ether oxygens (including phenoxy) is 2. The highest BCUT2D eigenvalue weighted by Crippen LogP contribution is 2.21. The van der Waals surface area contributed by atoms with E-state index in [9.17, 15) is 4.79 Å². The first-order valence-electron chi connectivity index (χ1n) is 3.91. The number of nitrogens with zero attached hydrogens (tertiary/aromatic N) is 1. The number of hydrogen-bond donors (Lipinski definition) is 1. The predicted molar refractivity (Wildman–Crippen MR) is 50.8 cm³/mol. The van der Waals surface area contributed by atoms with Crippen molar-refractivity contribution in [2.45, 2.75) is 12.5 Å². The molecule has 0 amide bonds. The molecule has 0 saturated heterocycles. The zero-order chi connectivity index (χ0) is 10.6. The van der Waals surface area contributed by atoms with Gasteiger partial charge < -0.3 is 14.6 Å². The van der Waals surface area contributed by atoms with Crippen molar-refractivity contribution in [3.05, 3.63) is 11.1 Å².